The summed E-state index contributed by atoms with van der Waals surface area (Å²) in [6, 6.07) is 2.73. The zero-order valence-corrected chi connectivity index (χ0v) is 12.0. The molecule has 1 rings (SSSR count). The summed E-state index contributed by atoms with van der Waals surface area (Å²) in [7, 11) is 0. The van der Waals surface area contributed by atoms with E-state index in [2.05, 4.69) is 5.32 Å². The molecular formula is C13H15ClF3NO2. The predicted octanol–water partition coefficient (Wildman–Crippen LogP) is 4.11. The SMILES string of the molecule is CC(C)(C)OCC(=O)Nc1cc(C(F)(F)F)ccc1Cl. The number of carbonyl (C=O) groups excluding carboxylic acids is 1. The second kappa shape index (κ2) is 6.01. The maximum atomic E-state index is 12.6. The number of amides is 1. The van der Waals surface area contributed by atoms with Crippen LogP contribution in [0.3, 0.4) is 0 Å². The fourth-order valence-corrected chi connectivity index (χ4v) is 1.43. The van der Waals surface area contributed by atoms with Gasteiger partial charge in [0, 0.05) is 0 Å². The van der Waals surface area contributed by atoms with E-state index in [1.165, 1.54) is 0 Å². The van der Waals surface area contributed by atoms with Crippen LogP contribution in [0.1, 0.15) is 26.3 Å². The van der Waals surface area contributed by atoms with Crippen LogP contribution in [-0.2, 0) is 15.7 Å². The van der Waals surface area contributed by atoms with Crippen molar-refractivity contribution in [2.45, 2.75) is 32.5 Å². The Balaban J connectivity index is 2.79. The first kappa shape index (κ1) is 16.8. The van der Waals surface area contributed by atoms with Gasteiger partial charge in [-0.25, -0.2) is 0 Å². The lowest BCUT2D eigenvalue weighted by atomic mass is 10.2. The van der Waals surface area contributed by atoms with Crippen molar-refractivity contribution >= 4 is 23.2 Å². The summed E-state index contributed by atoms with van der Waals surface area (Å²) < 4.78 is 42.9. The number of halogens is 4. The first-order valence-corrected chi connectivity index (χ1v) is 6.17. The first-order chi connectivity index (χ1) is 8.99. The Bertz CT molecular complexity index is 495. The standard InChI is InChI=1S/C13H15ClF3NO2/c1-12(2,3)20-7-11(19)18-10-6-8(13(15,16)17)4-5-9(10)14/h4-6H,7H2,1-3H3,(H,18,19). The maximum Gasteiger partial charge on any atom is 0.416 e. The van der Waals surface area contributed by atoms with Crippen molar-refractivity contribution in [3.05, 3.63) is 28.8 Å². The van der Waals surface area contributed by atoms with Crippen LogP contribution in [0.2, 0.25) is 5.02 Å². The van der Waals surface area contributed by atoms with Crippen LogP contribution in [0.25, 0.3) is 0 Å². The van der Waals surface area contributed by atoms with Crippen LogP contribution in [0.4, 0.5) is 18.9 Å². The smallest absolute Gasteiger partial charge is 0.366 e. The van der Waals surface area contributed by atoms with Gasteiger partial charge in [0.15, 0.2) is 0 Å². The zero-order chi connectivity index (χ0) is 15.6. The van der Waals surface area contributed by atoms with Gasteiger partial charge in [-0.1, -0.05) is 11.6 Å². The summed E-state index contributed by atoms with van der Waals surface area (Å²) in [5.41, 5.74) is -1.49. The van der Waals surface area contributed by atoms with Crippen molar-refractivity contribution in [2.75, 3.05) is 11.9 Å². The quantitative estimate of drug-likeness (QED) is 0.912. The molecule has 0 heterocycles. The number of hydrogen-bond acceptors (Lipinski definition) is 2. The van der Waals surface area contributed by atoms with Gasteiger partial charge in [-0.05, 0) is 39.0 Å². The molecule has 0 aliphatic rings. The molecule has 0 saturated heterocycles. The summed E-state index contributed by atoms with van der Waals surface area (Å²) in [5.74, 6) is -0.568. The molecule has 1 aromatic rings. The van der Waals surface area contributed by atoms with Gasteiger partial charge in [0.05, 0.1) is 21.9 Å². The van der Waals surface area contributed by atoms with Crippen molar-refractivity contribution in [3.63, 3.8) is 0 Å². The van der Waals surface area contributed by atoms with Gasteiger partial charge in [-0.15, -0.1) is 0 Å². The molecule has 0 bridgehead atoms. The predicted molar refractivity (Wildman–Crippen MR) is 70.8 cm³/mol. The molecule has 1 N–H and O–H groups in total. The fourth-order valence-electron chi connectivity index (χ4n) is 1.27. The van der Waals surface area contributed by atoms with Crippen LogP contribution in [0.5, 0.6) is 0 Å². The van der Waals surface area contributed by atoms with Crippen LogP contribution in [0.15, 0.2) is 18.2 Å². The van der Waals surface area contributed by atoms with Crippen LogP contribution >= 0.6 is 11.6 Å². The van der Waals surface area contributed by atoms with Gasteiger partial charge in [-0.3, -0.25) is 4.79 Å². The normalized spacial score (nSPS) is 12.3. The molecule has 0 spiro atoms. The van der Waals surface area contributed by atoms with E-state index >= 15 is 0 Å². The molecule has 0 saturated carbocycles. The molecule has 3 nitrogen and oxygen atoms in total. The van der Waals surface area contributed by atoms with E-state index in [1.54, 1.807) is 20.8 Å². The number of ether oxygens (including phenoxy) is 1. The number of hydrogen-bond donors (Lipinski definition) is 1. The average molecular weight is 310 g/mol. The Morgan fingerprint density at radius 2 is 1.90 bits per heavy atom. The van der Waals surface area contributed by atoms with Crippen molar-refractivity contribution in [3.8, 4) is 0 Å². The third kappa shape index (κ3) is 5.38. The summed E-state index contributed by atoms with van der Waals surface area (Å²) in [5, 5.41) is 2.33. The highest BCUT2D eigenvalue weighted by atomic mass is 35.5. The molecular weight excluding hydrogens is 295 g/mol. The van der Waals surface area contributed by atoms with E-state index in [4.69, 9.17) is 16.3 Å². The highest BCUT2D eigenvalue weighted by Gasteiger charge is 2.31. The molecule has 0 fully saturated rings. The molecule has 0 aliphatic carbocycles. The van der Waals surface area contributed by atoms with E-state index in [0.717, 1.165) is 18.2 Å². The van der Waals surface area contributed by atoms with Gasteiger partial charge >= 0.3 is 6.18 Å². The number of anilines is 1. The molecule has 1 amide bonds. The Labute approximate surface area is 120 Å². The third-order valence-electron chi connectivity index (χ3n) is 2.20. The van der Waals surface area contributed by atoms with Gasteiger partial charge < -0.3 is 10.1 Å². The minimum Gasteiger partial charge on any atom is -0.366 e. The lowest BCUT2D eigenvalue weighted by Crippen LogP contribution is -2.27. The van der Waals surface area contributed by atoms with Gasteiger partial charge in [0.1, 0.15) is 6.61 Å². The second-order valence-corrected chi connectivity index (χ2v) is 5.55. The second-order valence-electron chi connectivity index (χ2n) is 5.14. The average Bonchev–Trinajstić information content (AvgIpc) is 2.27. The number of alkyl halides is 3. The summed E-state index contributed by atoms with van der Waals surface area (Å²) in [6.45, 7) is 5.02. The Morgan fingerprint density at radius 3 is 2.40 bits per heavy atom. The highest BCUT2D eigenvalue weighted by molar-refractivity contribution is 6.33. The number of carbonyl (C=O) groups is 1. The fraction of sp³-hybridized carbons (Fsp3) is 0.462. The summed E-state index contributed by atoms with van der Waals surface area (Å²) in [4.78, 5) is 11.6. The Kier molecular flexibility index (Phi) is 5.05. The topological polar surface area (TPSA) is 38.3 Å². The van der Waals surface area contributed by atoms with Crippen LogP contribution < -0.4 is 5.32 Å². The minimum atomic E-state index is -4.49. The van der Waals surface area contributed by atoms with Crippen molar-refractivity contribution in [2.24, 2.45) is 0 Å². The van der Waals surface area contributed by atoms with E-state index in [0.29, 0.717) is 0 Å². The number of nitrogens with one attached hydrogen (secondary N) is 1. The largest absolute Gasteiger partial charge is 0.416 e. The van der Waals surface area contributed by atoms with Crippen LogP contribution in [-0.4, -0.2) is 18.1 Å². The maximum absolute atomic E-state index is 12.6. The number of benzene rings is 1. The number of rotatable bonds is 3. The zero-order valence-electron chi connectivity index (χ0n) is 11.3. The van der Waals surface area contributed by atoms with Crippen molar-refractivity contribution in [1.82, 2.24) is 0 Å². The molecule has 0 aromatic heterocycles. The molecule has 0 radical (unpaired) electrons. The van der Waals surface area contributed by atoms with Gasteiger partial charge in [-0.2, -0.15) is 13.2 Å². The van der Waals surface area contributed by atoms with Gasteiger partial charge in [0.2, 0.25) is 5.91 Å². The van der Waals surface area contributed by atoms with E-state index in [-0.39, 0.29) is 17.3 Å². The van der Waals surface area contributed by atoms with Gasteiger partial charge in [0.25, 0.3) is 0 Å². The van der Waals surface area contributed by atoms with E-state index in [1.807, 2.05) is 0 Å². The third-order valence-corrected chi connectivity index (χ3v) is 2.53. The molecule has 0 unspecified atom stereocenters. The Morgan fingerprint density at radius 1 is 1.30 bits per heavy atom. The summed E-state index contributed by atoms with van der Waals surface area (Å²) in [6.07, 6.45) is -4.49. The van der Waals surface area contributed by atoms with E-state index in [9.17, 15) is 18.0 Å². The highest BCUT2D eigenvalue weighted by Crippen LogP contribution is 2.33. The molecule has 0 atom stereocenters. The summed E-state index contributed by atoms with van der Waals surface area (Å²) >= 11 is 5.76. The van der Waals surface area contributed by atoms with Crippen molar-refractivity contribution in [1.29, 1.82) is 0 Å². The Hall–Kier alpha value is -1.27. The molecule has 1 aromatic carbocycles. The molecule has 7 heteroatoms. The van der Waals surface area contributed by atoms with Crippen molar-refractivity contribution < 1.29 is 22.7 Å². The molecule has 0 aliphatic heterocycles. The minimum absolute atomic E-state index is 0.0297. The first-order valence-electron chi connectivity index (χ1n) is 5.79. The van der Waals surface area contributed by atoms with E-state index < -0.39 is 23.2 Å². The molecule has 20 heavy (non-hydrogen) atoms. The molecule has 112 valence electrons. The lowest BCUT2D eigenvalue weighted by molar-refractivity contribution is -0.137. The lowest BCUT2D eigenvalue weighted by Gasteiger charge is -2.19. The van der Waals surface area contributed by atoms with Crippen LogP contribution in [0, 0.1) is 0 Å². The monoisotopic (exact) mass is 309 g/mol.